The first-order valence-electron chi connectivity index (χ1n) is 10.1. The van der Waals surface area contributed by atoms with Crippen LogP contribution in [0.2, 0.25) is 0 Å². The number of nitrogens with one attached hydrogen (secondary N) is 1. The Morgan fingerprint density at radius 3 is 2.50 bits per heavy atom. The van der Waals surface area contributed by atoms with Crippen LogP contribution in [0.15, 0.2) is 78.9 Å². The molecule has 4 rings (SSSR count). The molecule has 1 aliphatic rings. The Bertz CT molecular complexity index is 1030. The highest BCUT2D eigenvalue weighted by molar-refractivity contribution is 5.94. The third-order valence-electron chi connectivity index (χ3n) is 5.24. The first kappa shape index (κ1) is 19.7. The van der Waals surface area contributed by atoms with Gasteiger partial charge in [0, 0.05) is 25.2 Å². The van der Waals surface area contributed by atoms with Gasteiger partial charge in [0.15, 0.2) is 6.61 Å². The van der Waals surface area contributed by atoms with Crippen LogP contribution in [0.25, 0.3) is 0 Å². The highest BCUT2D eigenvalue weighted by Crippen LogP contribution is 2.19. The lowest BCUT2D eigenvalue weighted by Gasteiger charge is -2.28. The fourth-order valence-corrected chi connectivity index (χ4v) is 3.55. The maximum absolute atomic E-state index is 12.6. The lowest BCUT2D eigenvalue weighted by atomic mass is 10.00. The van der Waals surface area contributed by atoms with Crippen molar-refractivity contribution in [3.05, 3.63) is 101 Å². The third kappa shape index (κ3) is 4.87. The van der Waals surface area contributed by atoms with Gasteiger partial charge in [0.05, 0.1) is 0 Å². The average molecular weight is 400 g/mol. The van der Waals surface area contributed by atoms with E-state index in [2.05, 4.69) is 17.4 Å². The number of hydrogen-bond donors (Lipinski definition) is 1. The monoisotopic (exact) mass is 400 g/mol. The summed E-state index contributed by atoms with van der Waals surface area (Å²) in [5, 5.41) is 2.90. The lowest BCUT2D eigenvalue weighted by Crippen LogP contribution is -2.38. The van der Waals surface area contributed by atoms with Gasteiger partial charge in [0.1, 0.15) is 5.75 Å². The van der Waals surface area contributed by atoms with E-state index in [0.29, 0.717) is 30.9 Å². The molecule has 0 aromatic heterocycles. The van der Waals surface area contributed by atoms with Crippen LogP contribution in [0.5, 0.6) is 5.75 Å². The highest BCUT2D eigenvalue weighted by atomic mass is 16.5. The van der Waals surface area contributed by atoms with Gasteiger partial charge in [0.2, 0.25) is 0 Å². The van der Waals surface area contributed by atoms with Gasteiger partial charge in [-0.05, 0) is 41.3 Å². The van der Waals surface area contributed by atoms with Gasteiger partial charge < -0.3 is 15.0 Å². The van der Waals surface area contributed by atoms with E-state index >= 15 is 0 Å². The maximum atomic E-state index is 12.6. The zero-order chi connectivity index (χ0) is 20.8. The van der Waals surface area contributed by atoms with Crippen molar-refractivity contribution >= 4 is 11.8 Å². The Labute approximate surface area is 176 Å². The number of nitrogens with zero attached hydrogens (tertiary/aromatic N) is 1. The summed E-state index contributed by atoms with van der Waals surface area (Å²) in [6.07, 6.45) is 0.860. The second-order valence-corrected chi connectivity index (χ2v) is 7.32. The minimum Gasteiger partial charge on any atom is -0.484 e. The molecule has 0 atom stereocenters. The fourth-order valence-electron chi connectivity index (χ4n) is 3.55. The van der Waals surface area contributed by atoms with Crippen LogP contribution >= 0.6 is 0 Å². The highest BCUT2D eigenvalue weighted by Gasteiger charge is 2.20. The zero-order valence-corrected chi connectivity index (χ0v) is 16.7. The van der Waals surface area contributed by atoms with Crippen molar-refractivity contribution in [3.63, 3.8) is 0 Å². The summed E-state index contributed by atoms with van der Waals surface area (Å²) in [7, 11) is 0. The van der Waals surface area contributed by atoms with Crippen LogP contribution in [0.1, 0.15) is 27.0 Å². The molecular formula is C25H24N2O3. The van der Waals surface area contributed by atoms with Gasteiger partial charge in [-0.2, -0.15) is 0 Å². The SMILES string of the molecule is O=C(NCc1ccccc1)c1cccc(OCC(=O)N2CCc3ccccc3C2)c1. The van der Waals surface area contributed by atoms with Crippen LogP contribution in [0.4, 0.5) is 0 Å². The van der Waals surface area contributed by atoms with Crippen molar-refractivity contribution in [1.29, 1.82) is 0 Å². The standard InChI is InChI=1S/C25H24N2O3/c28-24(27-14-13-20-9-4-5-10-22(20)17-27)18-30-23-12-6-11-21(15-23)25(29)26-16-19-7-2-1-3-8-19/h1-12,15H,13-14,16-18H2,(H,26,29). The molecule has 0 aliphatic carbocycles. The second-order valence-electron chi connectivity index (χ2n) is 7.32. The minimum absolute atomic E-state index is 0.0444. The second kappa shape index (κ2) is 9.27. The number of rotatable bonds is 6. The quantitative estimate of drug-likeness (QED) is 0.688. The molecule has 1 heterocycles. The van der Waals surface area contributed by atoms with Crippen molar-refractivity contribution in [1.82, 2.24) is 10.2 Å². The molecule has 0 radical (unpaired) electrons. The van der Waals surface area contributed by atoms with E-state index in [-0.39, 0.29) is 18.4 Å². The molecular weight excluding hydrogens is 376 g/mol. The van der Waals surface area contributed by atoms with Crippen molar-refractivity contribution in [2.75, 3.05) is 13.2 Å². The first-order chi connectivity index (χ1) is 14.7. The van der Waals surface area contributed by atoms with Crippen molar-refractivity contribution in [2.24, 2.45) is 0 Å². The smallest absolute Gasteiger partial charge is 0.260 e. The van der Waals surface area contributed by atoms with Crippen LogP contribution < -0.4 is 10.1 Å². The molecule has 2 amide bonds. The molecule has 152 valence electrons. The Morgan fingerprint density at radius 2 is 1.67 bits per heavy atom. The molecule has 1 N–H and O–H groups in total. The average Bonchev–Trinajstić information content (AvgIpc) is 2.81. The molecule has 0 bridgehead atoms. The number of amides is 2. The van der Waals surface area contributed by atoms with E-state index in [9.17, 15) is 9.59 Å². The number of benzene rings is 3. The summed E-state index contributed by atoms with van der Waals surface area (Å²) in [5.41, 5.74) is 4.03. The first-order valence-corrected chi connectivity index (χ1v) is 10.1. The molecule has 0 saturated carbocycles. The zero-order valence-electron chi connectivity index (χ0n) is 16.7. The molecule has 1 aliphatic heterocycles. The molecule has 0 unspecified atom stereocenters. The van der Waals surface area contributed by atoms with Crippen LogP contribution in [0, 0.1) is 0 Å². The van der Waals surface area contributed by atoms with Crippen LogP contribution in [-0.4, -0.2) is 29.9 Å². The van der Waals surface area contributed by atoms with Crippen molar-refractivity contribution in [3.8, 4) is 5.75 Å². The third-order valence-corrected chi connectivity index (χ3v) is 5.24. The number of carbonyl (C=O) groups excluding carboxylic acids is 2. The molecule has 5 heteroatoms. The van der Waals surface area contributed by atoms with Gasteiger partial charge in [0.25, 0.3) is 11.8 Å². The largest absolute Gasteiger partial charge is 0.484 e. The van der Waals surface area contributed by atoms with Gasteiger partial charge >= 0.3 is 0 Å². The molecule has 3 aromatic rings. The Kier molecular flexibility index (Phi) is 6.09. The van der Waals surface area contributed by atoms with Crippen molar-refractivity contribution in [2.45, 2.75) is 19.5 Å². The number of fused-ring (bicyclic) bond motifs is 1. The minimum atomic E-state index is -0.178. The molecule has 0 fully saturated rings. The number of hydrogen-bond acceptors (Lipinski definition) is 3. The summed E-state index contributed by atoms with van der Waals surface area (Å²) in [4.78, 5) is 26.8. The van der Waals surface area contributed by atoms with Gasteiger partial charge in [-0.25, -0.2) is 0 Å². The fraction of sp³-hybridized carbons (Fsp3) is 0.200. The maximum Gasteiger partial charge on any atom is 0.260 e. The molecule has 30 heavy (non-hydrogen) atoms. The molecule has 5 nitrogen and oxygen atoms in total. The lowest BCUT2D eigenvalue weighted by molar-refractivity contribution is -0.134. The molecule has 0 saturated heterocycles. The Morgan fingerprint density at radius 1 is 0.900 bits per heavy atom. The van der Waals surface area contributed by atoms with E-state index in [1.807, 2.05) is 47.4 Å². The molecule has 3 aromatic carbocycles. The summed E-state index contributed by atoms with van der Waals surface area (Å²) < 4.78 is 5.69. The number of carbonyl (C=O) groups is 2. The predicted octanol–water partition coefficient (Wildman–Crippen LogP) is 3.58. The van der Waals surface area contributed by atoms with Crippen LogP contribution in [-0.2, 0) is 24.3 Å². The van der Waals surface area contributed by atoms with Gasteiger partial charge in [-0.3, -0.25) is 9.59 Å². The van der Waals surface area contributed by atoms with Gasteiger partial charge in [-0.1, -0.05) is 60.7 Å². The normalized spacial score (nSPS) is 12.7. The van der Waals surface area contributed by atoms with E-state index in [0.717, 1.165) is 12.0 Å². The molecule has 0 spiro atoms. The van der Waals surface area contributed by atoms with Crippen LogP contribution in [0.3, 0.4) is 0 Å². The van der Waals surface area contributed by atoms with E-state index < -0.39 is 0 Å². The summed E-state index contributed by atoms with van der Waals surface area (Å²) >= 11 is 0. The topological polar surface area (TPSA) is 58.6 Å². The summed E-state index contributed by atoms with van der Waals surface area (Å²) in [5.74, 6) is 0.278. The van der Waals surface area contributed by atoms with Gasteiger partial charge in [-0.15, -0.1) is 0 Å². The summed E-state index contributed by atoms with van der Waals surface area (Å²) in [6, 6.07) is 24.9. The van der Waals surface area contributed by atoms with E-state index in [1.54, 1.807) is 24.3 Å². The number of ether oxygens (including phenoxy) is 1. The predicted molar refractivity (Wildman–Crippen MR) is 115 cm³/mol. The van der Waals surface area contributed by atoms with E-state index in [1.165, 1.54) is 11.1 Å². The van der Waals surface area contributed by atoms with E-state index in [4.69, 9.17) is 4.74 Å². The Hall–Kier alpha value is -3.60. The summed E-state index contributed by atoms with van der Waals surface area (Å²) in [6.45, 7) is 1.72. The Balaban J connectivity index is 1.31. The van der Waals surface area contributed by atoms with Crippen molar-refractivity contribution < 1.29 is 14.3 Å².